The molecule has 1 aliphatic heterocycles. The summed E-state index contributed by atoms with van der Waals surface area (Å²) >= 11 is 1.44. The average Bonchev–Trinajstić information content (AvgIpc) is 3.28. The number of nitrogens with zero attached hydrogens (tertiary/aromatic N) is 4. The number of carbonyl (C=O) groups excluding carboxylic acids is 1. The van der Waals surface area contributed by atoms with E-state index in [4.69, 9.17) is 4.74 Å². The van der Waals surface area contributed by atoms with Crippen molar-refractivity contribution in [1.82, 2.24) is 9.88 Å². The first-order valence-electron chi connectivity index (χ1n) is 10.5. The smallest absolute Gasteiger partial charge is 0.270 e. The topological polar surface area (TPSA) is 88.8 Å². The van der Waals surface area contributed by atoms with E-state index in [1.54, 1.807) is 36.4 Å². The van der Waals surface area contributed by atoms with Gasteiger partial charge in [0.25, 0.3) is 11.6 Å². The van der Waals surface area contributed by atoms with E-state index in [2.05, 4.69) is 9.88 Å². The van der Waals surface area contributed by atoms with Gasteiger partial charge in [-0.2, -0.15) is 0 Å². The van der Waals surface area contributed by atoms with Crippen LogP contribution < -0.4 is 9.64 Å². The number of non-ortho nitro benzene ring substituents is 1. The highest BCUT2D eigenvalue weighted by Crippen LogP contribution is 2.32. The zero-order valence-corrected chi connectivity index (χ0v) is 18.4. The predicted octanol–water partition coefficient (Wildman–Crippen LogP) is 4.96. The lowest BCUT2D eigenvalue weighted by Crippen LogP contribution is -2.48. The lowest BCUT2D eigenvalue weighted by molar-refractivity contribution is -0.384. The third-order valence-electron chi connectivity index (χ3n) is 5.49. The van der Waals surface area contributed by atoms with Crippen LogP contribution >= 0.6 is 11.3 Å². The fourth-order valence-corrected chi connectivity index (χ4v) is 4.77. The molecular weight excluding hydrogens is 440 g/mol. The molecule has 0 N–H and O–H groups in total. The first-order valence-corrected chi connectivity index (χ1v) is 11.3. The summed E-state index contributed by atoms with van der Waals surface area (Å²) in [5.74, 6) is 1.41. The van der Waals surface area contributed by atoms with Crippen LogP contribution in [0.2, 0.25) is 0 Å². The number of benzene rings is 3. The van der Waals surface area contributed by atoms with Gasteiger partial charge in [-0.1, -0.05) is 29.5 Å². The monoisotopic (exact) mass is 460 g/mol. The average molecular weight is 461 g/mol. The van der Waals surface area contributed by atoms with Crippen molar-refractivity contribution < 1.29 is 14.5 Å². The van der Waals surface area contributed by atoms with Gasteiger partial charge in [-0.25, -0.2) is 4.98 Å². The minimum Gasteiger partial charge on any atom is -0.457 e. The number of amides is 1. The van der Waals surface area contributed by atoms with Gasteiger partial charge in [0, 0.05) is 43.9 Å². The van der Waals surface area contributed by atoms with E-state index in [-0.39, 0.29) is 11.6 Å². The first-order chi connectivity index (χ1) is 16.1. The van der Waals surface area contributed by atoms with Crippen LogP contribution in [-0.2, 0) is 0 Å². The highest BCUT2D eigenvalue weighted by atomic mass is 32.1. The fraction of sp³-hybridized carbons (Fsp3) is 0.167. The van der Waals surface area contributed by atoms with E-state index >= 15 is 0 Å². The molecule has 3 aromatic carbocycles. The van der Waals surface area contributed by atoms with Gasteiger partial charge in [0.1, 0.15) is 11.5 Å². The quantitative estimate of drug-likeness (QED) is 0.309. The highest BCUT2D eigenvalue weighted by Gasteiger charge is 2.24. The molecule has 0 spiro atoms. The lowest BCUT2D eigenvalue weighted by atomic mass is 10.1. The molecule has 0 radical (unpaired) electrons. The van der Waals surface area contributed by atoms with Crippen molar-refractivity contribution in [3.8, 4) is 11.5 Å². The second kappa shape index (κ2) is 8.87. The van der Waals surface area contributed by atoms with Gasteiger partial charge in [-0.05, 0) is 42.5 Å². The molecule has 33 heavy (non-hydrogen) atoms. The molecule has 0 atom stereocenters. The standard InChI is InChI=1S/C24H20N4O4S/c29-23(17-6-9-20(10-7-17)32-19-4-2-1-3-5-19)26-12-14-27(15-13-26)24-25-21-11-8-18(28(30)31)16-22(21)33-24/h1-11,16H,12-15H2. The highest BCUT2D eigenvalue weighted by molar-refractivity contribution is 7.22. The van der Waals surface area contributed by atoms with E-state index < -0.39 is 4.92 Å². The number of rotatable bonds is 5. The second-order valence-electron chi connectivity index (χ2n) is 7.62. The minimum atomic E-state index is -0.399. The third kappa shape index (κ3) is 4.49. The minimum absolute atomic E-state index is 0.0131. The Kier molecular flexibility index (Phi) is 5.62. The van der Waals surface area contributed by atoms with Crippen LogP contribution in [0.4, 0.5) is 10.8 Å². The molecule has 5 rings (SSSR count). The molecule has 9 heteroatoms. The molecule has 1 amide bonds. The molecule has 1 saturated heterocycles. The third-order valence-corrected chi connectivity index (χ3v) is 6.57. The summed E-state index contributed by atoms with van der Waals surface area (Å²) in [6, 6.07) is 21.4. The predicted molar refractivity (Wildman–Crippen MR) is 127 cm³/mol. The molecule has 1 fully saturated rings. The maximum atomic E-state index is 12.9. The van der Waals surface area contributed by atoms with E-state index in [0.717, 1.165) is 21.1 Å². The van der Waals surface area contributed by atoms with Gasteiger partial charge in [0.15, 0.2) is 5.13 Å². The van der Waals surface area contributed by atoms with Crippen LogP contribution in [-0.4, -0.2) is 46.9 Å². The van der Waals surface area contributed by atoms with Crippen LogP contribution in [0.15, 0.2) is 72.8 Å². The molecule has 1 aliphatic rings. The van der Waals surface area contributed by atoms with Crippen LogP contribution in [0.1, 0.15) is 10.4 Å². The number of nitro groups is 1. The van der Waals surface area contributed by atoms with E-state index in [1.165, 1.54) is 17.4 Å². The van der Waals surface area contributed by atoms with Crippen molar-refractivity contribution in [3.05, 3.63) is 88.5 Å². The number of fused-ring (bicyclic) bond motifs is 1. The number of anilines is 1. The number of nitro benzene ring substituents is 1. The van der Waals surface area contributed by atoms with Crippen molar-refractivity contribution in [2.75, 3.05) is 31.1 Å². The zero-order chi connectivity index (χ0) is 22.8. The molecule has 0 saturated carbocycles. The van der Waals surface area contributed by atoms with Gasteiger partial charge in [0.05, 0.1) is 15.1 Å². The number of thiazole rings is 1. The van der Waals surface area contributed by atoms with E-state index in [0.29, 0.717) is 37.5 Å². The summed E-state index contributed by atoms with van der Waals surface area (Å²) in [7, 11) is 0. The van der Waals surface area contributed by atoms with Crippen LogP contribution in [0.5, 0.6) is 11.5 Å². The Morgan fingerprint density at radius 1 is 0.939 bits per heavy atom. The van der Waals surface area contributed by atoms with Gasteiger partial charge in [0.2, 0.25) is 0 Å². The molecule has 4 aromatic rings. The maximum absolute atomic E-state index is 12.9. The first kappa shape index (κ1) is 20.9. The second-order valence-corrected chi connectivity index (χ2v) is 8.63. The summed E-state index contributed by atoms with van der Waals surface area (Å²) in [5, 5.41) is 11.8. The number of carbonyl (C=O) groups is 1. The van der Waals surface area contributed by atoms with Gasteiger partial charge < -0.3 is 14.5 Å². The summed E-state index contributed by atoms with van der Waals surface area (Å²) in [6.07, 6.45) is 0. The Morgan fingerprint density at radius 2 is 1.64 bits per heavy atom. The molecule has 0 aliphatic carbocycles. The van der Waals surface area contributed by atoms with E-state index in [9.17, 15) is 14.9 Å². The van der Waals surface area contributed by atoms with Crippen LogP contribution in [0.3, 0.4) is 0 Å². The molecule has 0 bridgehead atoms. The summed E-state index contributed by atoms with van der Waals surface area (Å²) in [6.45, 7) is 2.47. The Morgan fingerprint density at radius 3 is 2.33 bits per heavy atom. The molecule has 2 heterocycles. The summed E-state index contributed by atoms with van der Waals surface area (Å²) < 4.78 is 6.58. The molecule has 1 aromatic heterocycles. The van der Waals surface area contributed by atoms with Crippen molar-refractivity contribution in [3.63, 3.8) is 0 Å². The lowest BCUT2D eigenvalue weighted by Gasteiger charge is -2.34. The Hall–Kier alpha value is -3.98. The molecule has 8 nitrogen and oxygen atoms in total. The number of hydrogen-bond donors (Lipinski definition) is 0. The molecular formula is C24H20N4O4S. The van der Waals surface area contributed by atoms with E-state index in [1.807, 2.05) is 35.2 Å². The molecule has 0 unspecified atom stereocenters. The number of ether oxygens (including phenoxy) is 1. The Balaban J connectivity index is 1.21. The maximum Gasteiger partial charge on any atom is 0.270 e. The Bertz CT molecular complexity index is 1300. The van der Waals surface area contributed by atoms with Crippen molar-refractivity contribution in [1.29, 1.82) is 0 Å². The summed E-state index contributed by atoms with van der Waals surface area (Å²) in [4.78, 5) is 32.1. The van der Waals surface area contributed by atoms with Gasteiger partial charge in [-0.15, -0.1) is 0 Å². The van der Waals surface area contributed by atoms with Crippen LogP contribution in [0, 0.1) is 10.1 Å². The van der Waals surface area contributed by atoms with Crippen LogP contribution in [0.25, 0.3) is 10.2 Å². The number of hydrogen-bond acceptors (Lipinski definition) is 7. The molecule has 166 valence electrons. The number of piperazine rings is 1. The SMILES string of the molecule is O=C(c1ccc(Oc2ccccc2)cc1)N1CCN(c2nc3ccc([N+](=O)[O-])cc3s2)CC1. The largest absolute Gasteiger partial charge is 0.457 e. The van der Waals surface area contributed by atoms with Gasteiger partial charge in [-0.3, -0.25) is 14.9 Å². The zero-order valence-electron chi connectivity index (χ0n) is 17.6. The van der Waals surface area contributed by atoms with Crippen molar-refractivity contribution in [2.45, 2.75) is 0 Å². The van der Waals surface area contributed by atoms with Crippen molar-refractivity contribution >= 4 is 38.3 Å². The normalized spacial score (nSPS) is 13.8. The van der Waals surface area contributed by atoms with Gasteiger partial charge >= 0.3 is 0 Å². The summed E-state index contributed by atoms with van der Waals surface area (Å²) in [5.41, 5.74) is 1.43. The number of para-hydroxylation sites is 1. The fourth-order valence-electron chi connectivity index (χ4n) is 3.72. The van der Waals surface area contributed by atoms with Crippen molar-refractivity contribution in [2.24, 2.45) is 0 Å². The Labute approximate surface area is 193 Å². The number of aromatic nitrogens is 1.